The van der Waals surface area contributed by atoms with Crippen molar-refractivity contribution in [2.24, 2.45) is 7.05 Å². The molecular formula is C31H40N6O3. The van der Waals surface area contributed by atoms with E-state index in [1.54, 1.807) is 18.3 Å². The van der Waals surface area contributed by atoms with Crippen molar-refractivity contribution in [1.82, 2.24) is 24.8 Å². The van der Waals surface area contributed by atoms with Gasteiger partial charge in [0.25, 0.3) is 5.91 Å². The lowest BCUT2D eigenvalue weighted by atomic mass is 9.97. The Morgan fingerprint density at radius 2 is 1.95 bits per heavy atom. The molecule has 0 unspecified atom stereocenters. The van der Waals surface area contributed by atoms with Gasteiger partial charge in [-0.2, -0.15) is 0 Å². The molecule has 3 heterocycles. The summed E-state index contributed by atoms with van der Waals surface area (Å²) in [6.45, 7) is 8.47. The quantitative estimate of drug-likeness (QED) is 0.232. The fraction of sp³-hybridized carbons (Fsp3) is 0.355. The summed E-state index contributed by atoms with van der Waals surface area (Å²) in [5.41, 5.74) is 5.62. The van der Waals surface area contributed by atoms with E-state index in [0.717, 1.165) is 35.6 Å². The summed E-state index contributed by atoms with van der Waals surface area (Å²) in [4.78, 5) is 35.2. The van der Waals surface area contributed by atoms with Gasteiger partial charge in [0.1, 0.15) is 17.2 Å². The largest absolute Gasteiger partial charge is 0.457 e. The Kier molecular flexibility index (Phi) is 8.00. The molecule has 1 saturated heterocycles. The van der Waals surface area contributed by atoms with Gasteiger partial charge in [-0.1, -0.05) is 19.9 Å². The fourth-order valence-electron chi connectivity index (χ4n) is 5.06. The summed E-state index contributed by atoms with van der Waals surface area (Å²) < 4.78 is 8.09. The molecule has 9 heteroatoms. The second-order valence-electron chi connectivity index (χ2n) is 10.6. The number of nitrogens with zero attached hydrogens (tertiary/aromatic N) is 4. The molecular weight excluding hydrogens is 504 g/mol. The van der Waals surface area contributed by atoms with Gasteiger partial charge in [0.2, 0.25) is 11.9 Å². The van der Waals surface area contributed by atoms with Crippen molar-refractivity contribution in [3.63, 3.8) is 0 Å². The van der Waals surface area contributed by atoms with E-state index in [9.17, 15) is 9.59 Å². The summed E-state index contributed by atoms with van der Waals surface area (Å²) in [6, 6.07) is 15.5. The van der Waals surface area contributed by atoms with Crippen LogP contribution in [0.5, 0.6) is 11.5 Å². The van der Waals surface area contributed by atoms with E-state index in [1.165, 1.54) is 11.1 Å². The zero-order chi connectivity index (χ0) is 28.2. The molecule has 0 spiro atoms. The van der Waals surface area contributed by atoms with Gasteiger partial charge in [0.15, 0.2) is 0 Å². The molecule has 4 aromatic rings. The Hall–Kier alpha value is -4.40. The first-order chi connectivity index (χ1) is 19.3. The summed E-state index contributed by atoms with van der Waals surface area (Å²) in [6.07, 6.45) is 3.81. The van der Waals surface area contributed by atoms with E-state index >= 15 is 0 Å². The maximum absolute atomic E-state index is 12.6. The van der Waals surface area contributed by atoms with Crippen LogP contribution in [0.4, 0.5) is 11.6 Å². The van der Waals surface area contributed by atoms with Crippen molar-refractivity contribution < 1.29 is 17.2 Å². The van der Waals surface area contributed by atoms with Gasteiger partial charge in [-0.25, -0.2) is 4.98 Å². The highest BCUT2D eigenvalue weighted by Crippen LogP contribution is 2.29. The predicted octanol–water partition coefficient (Wildman–Crippen LogP) is 6.17. The highest BCUT2D eigenvalue weighted by molar-refractivity contribution is 5.92. The molecule has 1 aliphatic heterocycles. The van der Waals surface area contributed by atoms with Crippen LogP contribution in [0.1, 0.15) is 63.5 Å². The molecule has 212 valence electrons. The lowest BCUT2D eigenvalue weighted by molar-refractivity contribution is -0.127. The Morgan fingerprint density at radius 1 is 1.12 bits per heavy atom. The van der Waals surface area contributed by atoms with Crippen molar-refractivity contribution in [3.05, 3.63) is 71.5 Å². The SMILES string of the molecule is Cc1ccc(Nc2nc3cc(Oc4ccnc(C(=O)NCCCN5CCCC5=O)c4)ccc3n2C)cc1C(C)C.[HH].[HH]. The van der Waals surface area contributed by atoms with Crippen LogP contribution in [-0.2, 0) is 11.8 Å². The van der Waals surface area contributed by atoms with Crippen LogP contribution in [0.2, 0.25) is 0 Å². The van der Waals surface area contributed by atoms with Crippen molar-refractivity contribution in [3.8, 4) is 11.5 Å². The molecule has 2 aromatic carbocycles. The maximum Gasteiger partial charge on any atom is 0.270 e. The third-order valence-corrected chi connectivity index (χ3v) is 7.27. The highest BCUT2D eigenvalue weighted by atomic mass is 16.5. The number of aromatic nitrogens is 3. The topological polar surface area (TPSA) is 101 Å². The van der Waals surface area contributed by atoms with Crippen molar-refractivity contribution in [2.75, 3.05) is 25.0 Å². The van der Waals surface area contributed by atoms with Crippen LogP contribution in [-0.4, -0.2) is 50.9 Å². The van der Waals surface area contributed by atoms with Crippen molar-refractivity contribution >= 4 is 34.5 Å². The number of rotatable bonds is 10. The Labute approximate surface area is 237 Å². The molecule has 40 heavy (non-hydrogen) atoms. The van der Waals surface area contributed by atoms with Crippen LogP contribution >= 0.6 is 0 Å². The van der Waals surface area contributed by atoms with Gasteiger partial charge in [0, 0.05) is 60.0 Å². The van der Waals surface area contributed by atoms with E-state index < -0.39 is 0 Å². The summed E-state index contributed by atoms with van der Waals surface area (Å²) in [7, 11) is 1.98. The number of hydrogen-bond donors (Lipinski definition) is 2. The van der Waals surface area contributed by atoms with Crippen LogP contribution in [0.15, 0.2) is 54.7 Å². The second kappa shape index (κ2) is 11.8. The summed E-state index contributed by atoms with van der Waals surface area (Å²) >= 11 is 0. The zero-order valence-corrected chi connectivity index (χ0v) is 23.5. The number of benzene rings is 2. The van der Waals surface area contributed by atoms with Crippen LogP contribution in [0, 0.1) is 6.92 Å². The first kappa shape index (κ1) is 27.2. The van der Waals surface area contributed by atoms with E-state index in [4.69, 9.17) is 9.72 Å². The van der Waals surface area contributed by atoms with Crippen LogP contribution < -0.4 is 15.4 Å². The maximum atomic E-state index is 12.6. The Bertz CT molecular complexity index is 1560. The molecule has 9 nitrogen and oxygen atoms in total. The number of pyridine rings is 1. The molecule has 0 saturated carbocycles. The number of imidazole rings is 1. The van der Waals surface area contributed by atoms with E-state index in [2.05, 4.69) is 54.6 Å². The minimum atomic E-state index is -0.272. The third kappa shape index (κ3) is 6.09. The van der Waals surface area contributed by atoms with Crippen LogP contribution in [0.3, 0.4) is 0 Å². The lowest BCUT2D eigenvalue weighted by Gasteiger charge is -2.15. The lowest BCUT2D eigenvalue weighted by Crippen LogP contribution is -2.30. The zero-order valence-electron chi connectivity index (χ0n) is 23.5. The number of nitrogens with one attached hydrogen (secondary N) is 2. The number of carbonyl (C=O) groups is 2. The molecule has 0 aliphatic carbocycles. The number of aryl methyl sites for hydroxylation is 2. The van der Waals surface area contributed by atoms with Crippen molar-refractivity contribution in [2.45, 2.75) is 46.0 Å². The molecule has 0 bridgehead atoms. The van der Waals surface area contributed by atoms with Gasteiger partial charge >= 0.3 is 0 Å². The number of anilines is 2. The van der Waals surface area contributed by atoms with Gasteiger partial charge in [-0.05, 0) is 67.1 Å². The molecule has 1 aliphatic rings. The number of hydrogen-bond acceptors (Lipinski definition) is 6. The third-order valence-electron chi connectivity index (χ3n) is 7.27. The first-order valence-corrected chi connectivity index (χ1v) is 13.8. The first-order valence-electron chi connectivity index (χ1n) is 13.8. The summed E-state index contributed by atoms with van der Waals surface area (Å²) in [5.74, 6) is 2.22. The second-order valence-corrected chi connectivity index (χ2v) is 10.6. The molecule has 2 amide bonds. The minimum Gasteiger partial charge on any atom is -0.457 e. The van der Waals surface area contributed by atoms with E-state index in [-0.39, 0.29) is 20.4 Å². The molecule has 2 N–H and O–H groups in total. The average molecular weight is 545 g/mol. The standard InChI is InChI=1S/C31H36N6O3.2H2/c1-20(2)25-17-22(9-8-21(25)3)34-31-35-26-18-23(10-11-28(26)36(31)4)40-24-12-14-32-27(19-24)30(39)33-13-6-16-37-15-5-7-29(37)38;;/h8-12,14,17-20H,5-7,13,15-16H2,1-4H3,(H,33,39)(H,34,35);2*1H. The predicted molar refractivity (Wildman–Crippen MR) is 161 cm³/mol. The number of fused-ring (bicyclic) bond motifs is 1. The minimum absolute atomic E-state index is 0. The molecule has 1 fully saturated rings. The number of ether oxygens (including phenoxy) is 1. The number of amides is 2. The number of likely N-dealkylation sites (tertiary alicyclic amines) is 1. The molecule has 0 radical (unpaired) electrons. The van der Waals surface area contributed by atoms with Gasteiger partial charge in [-0.15, -0.1) is 0 Å². The molecule has 2 aromatic heterocycles. The highest BCUT2D eigenvalue weighted by Gasteiger charge is 2.19. The van der Waals surface area contributed by atoms with E-state index in [0.29, 0.717) is 43.3 Å². The van der Waals surface area contributed by atoms with Crippen molar-refractivity contribution in [1.29, 1.82) is 0 Å². The molecule has 5 rings (SSSR count). The molecule has 0 atom stereocenters. The fourth-order valence-corrected chi connectivity index (χ4v) is 5.06. The van der Waals surface area contributed by atoms with E-state index in [1.807, 2.05) is 34.7 Å². The monoisotopic (exact) mass is 544 g/mol. The van der Waals surface area contributed by atoms with Crippen LogP contribution in [0.25, 0.3) is 11.0 Å². The summed E-state index contributed by atoms with van der Waals surface area (Å²) in [5, 5.41) is 6.33. The average Bonchev–Trinajstić information content (AvgIpc) is 3.49. The van der Waals surface area contributed by atoms with Gasteiger partial charge in [-0.3, -0.25) is 14.6 Å². The Balaban J connectivity index is 0.00000242. The normalized spacial score (nSPS) is 13.3. The van der Waals surface area contributed by atoms with Gasteiger partial charge in [0.05, 0.1) is 11.0 Å². The Morgan fingerprint density at radius 3 is 2.73 bits per heavy atom. The van der Waals surface area contributed by atoms with Gasteiger partial charge < -0.3 is 24.8 Å². The number of carbonyl (C=O) groups excluding carboxylic acids is 2. The smallest absolute Gasteiger partial charge is 0.270 e.